The van der Waals surface area contributed by atoms with Gasteiger partial charge in [-0.3, -0.25) is 19.2 Å². The van der Waals surface area contributed by atoms with Gasteiger partial charge in [0.25, 0.3) is 5.91 Å². The van der Waals surface area contributed by atoms with Crippen LogP contribution in [0.4, 0.5) is 5.69 Å². The highest BCUT2D eigenvalue weighted by Crippen LogP contribution is 2.22. The largest absolute Gasteiger partial charge is 0.354 e. The summed E-state index contributed by atoms with van der Waals surface area (Å²) < 4.78 is 27.4. The minimum atomic E-state index is -4.00. The molecule has 2 atom stereocenters. The Balaban J connectivity index is 1.81. The summed E-state index contributed by atoms with van der Waals surface area (Å²) in [7, 11) is -4.00. The van der Waals surface area contributed by atoms with Crippen LogP contribution in [0.3, 0.4) is 0 Å². The topological polar surface area (TPSA) is 154 Å². The van der Waals surface area contributed by atoms with Crippen molar-refractivity contribution >= 4 is 39.5 Å². The molecule has 11 nitrogen and oxygen atoms in total. The van der Waals surface area contributed by atoms with Crippen LogP contribution in [0.25, 0.3) is 0 Å². The molecule has 1 saturated heterocycles. The van der Waals surface area contributed by atoms with Crippen LogP contribution >= 0.6 is 0 Å². The minimum Gasteiger partial charge on any atom is -0.354 e. The Bertz CT molecular complexity index is 1280. The SMILES string of the molecule is CCCCCNC(=O)C(Cc1cccc(N2CC(=O)NS2(=O)=O)c1)NC(=O)C(Cc1ccccc1)NC(C)=O. The van der Waals surface area contributed by atoms with E-state index in [0.29, 0.717) is 12.1 Å². The number of amides is 4. The molecule has 1 aliphatic heterocycles. The highest BCUT2D eigenvalue weighted by atomic mass is 32.2. The maximum absolute atomic E-state index is 13.3. The van der Waals surface area contributed by atoms with Gasteiger partial charge in [0.2, 0.25) is 17.7 Å². The molecule has 0 radical (unpaired) electrons. The van der Waals surface area contributed by atoms with Gasteiger partial charge in [0.1, 0.15) is 18.6 Å². The number of rotatable bonds is 13. The Morgan fingerprint density at radius 1 is 0.923 bits per heavy atom. The lowest BCUT2D eigenvalue weighted by atomic mass is 10.0. The van der Waals surface area contributed by atoms with Crippen LogP contribution in [0.2, 0.25) is 0 Å². The Labute approximate surface area is 228 Å². The summed E-state index contributed by atoms with van der Waals surface area (Å²) in [6.45, 7) is 3.47. The second kappa shape index (κ2) is 13.7. The van der Waals surface area contributed by atoms with E-state index in [1.807, 2.05) is 35.1 Å². The number of carbonyl (C=O) groups is 4. The lowest BCUT2D eigenvalue weighted by Gasteiger charge is -2.24. The molecule has 1 fully saturated rings. The zero-order chi connectivity index (χ0) is 28.4. The molecule has 2 aromatic carbocycles. The van der Waals surface area contributed by atoms with Gasteiger partial charge < -0.3 is 16.0 Å². The lowest BCUT2D eigenvalue weighted by Crippen LogP contribution is -2.55. The fraction of sp³-hybridized carbons (Fsp3) is 0.407. The molecule has 3 rings (SSSR count). The van der Waals surface area contributed by atoms with Gasteiger partial charge >= 0.3 is 10.2 Å². The van der Waals surface area contributed by atoms with Gasteiger partial charge in [0.05, 0.1) is 5.69 Å². The molecule has 0 aliphatic carbocycles. The van der Waals surface area contributed by atoms with E-state index >= 15 is 0 Å². The predicted molar refractivity (Wildman–Crippen MR) is 147 cm³/mol. The monoisotopic (exact) mass is 557 g/mol. The molecule has 12 heteroatoms. The van der Waals surface area contributed by atoms with Crippen LogP contribution in [-0.2, 0) is 42.2 Å². The highest BCUT2D eigenvalue weighted by molar-refractivity contribution is 7.92. The standard InChI is InChI=1S/C27H35N5O6S/c1-3-4-8-14-28-26(35)23(30-27(36)24(29-19(2)33)16-20-10-6-5-7-11-20)17-21-12-9-13-22(15-21)32-18-25(34)31-39(32,37)38/h5-7,9-13,15,23-24H,3-4,8,14,16-18H2,1-2H3,(H,28,35)(H,29,33)(H,30,36)(H,31,34). The van der Waals surface area contributed by atoms with E-state index in [4.69, 9.17) is 0 Å². The first-order valence-corrected chi connectivity index (χ1v) is 14.3. The fourth-order valence-electron chi connectivity index (χ4n) is 4.25. The van der Waals surface area contributed by atoms with Crippen molar-refractivity contribution in [3.8, 4) is 0 Å². The number of anilines is 1. The average molecular weight is 558 g/mol. The van der Waals surface area contributed by atoms with Crippen molar-refractivity contribution in [2.24, 2.45) is 0 Å². The molecule has 0 bridgehead atoms. The first kappa shape index (κ1) is 29.6. The maximum Gasteiger partial charge on any atom is 0.326 e. The summed E-state index contributed by atoms with van der Waals surface area (Å²) in [6, 6.07) is 13.8. The molecule has 2 unspecified atom stereocenters. The van der Waals surface area contributed by atoms with Gasteiger partial charge in [-0.2, -0.15) is 8.42 Å². The van der Waals surface area contributed by atoms with Gasteiger partial charge in [0, 0.05) is 26.3 Å². The molecule has 4 amide bonds. The zero-order valence-corrected chi connectivity index (χ0v) is 22.9. The zero-order valence-electron chi connectivity index (χ0n) is 22.1. The second-order valence-electron chi connectivity index (χ2n) is 9.41. The molecule has 0 saturated carbocycles. The van der Waals surface area contributed by atoms with E-state index in [1.165, 1.54) is 6.92 Å². The molecular weight excluding hydrogens is 522 g/mol. The summed E-state index contributed by atoms with van der Waals surface area (Å²) in [4.78, 5) is 50.0. The number of nitrogens with zero attached hydrogens (tertiary/aromatic N) is 1. The van der Waals surface area contributed by atoms with Crippen molar-refractivity contribution in [1.29, 1.82) is 0 Å². The van der Waals surface area contributed by atoms with Crippen molar-refractivity contribution in [1.82, 2.24) is 20.7 Å². The van der Waals surface area contributed by atoms with Crippen LogP contribution in [0.5, 0.6) is 0 Å². The van der Waals surface area contributed by atoms with E-state index in [0.717, 1.165) is 29.1 Å². The predicted octanol–water partition coefficient (Wildman–Crippen LogP) is 0.949. The number of benzene rings is 2. The van der Waals surface area contributed by atoms with Crippen molar-refractivity contribution < 1.29 is 27.6 Å². The summed E-state index contributed by atoms with van der Waals surface area (Å²) in [5, 5.41) is 8.30. The molecule has 2 aromatic rings. The molecule has 0 aromatic heterocycles. The van der Waals surface area contributed by atoms with Crippen LogP contribution in [0, 0.1) is 0 Å². The number of nitrogens with one attached hydrogen (secondary N) is 4. The van der Waals surface area contributed by atoms with Crippen LogP contribution in [0.15, 0.2) is 54.6 Å². The van der Waals surface area contributed by atoms with E-state index in [1.54, 1.807) is 24.3 Å². The normalized spacial score (nSPS) is 15.6. The number of carbonyl (C=O) groups excluding carboxylic acids is 4. The van der Waals surface area contributed by atoms with E-state index < -0.39 is 40.0 Å². The van der Waals surface area contributed by atoms with Crippen molar-refractivity contribution in [2.45, 2.75) is 58.0 Å². The Morgan fingerprint density at radius 3 is 2.23 bits per heavy atom. The first-order chi connectivity index (χ1) is 18.6. The number of unbranched alkanes of at least 4 members (excludes halogenated alkanes) is 2. The third-order valence-electron chi connectivity index (χ3n) is 6.15. The van der Waals surface area contributed by atoms with Crippen LogP contribution in [0.1, 0.15) is 44.2 Å². The Kier molecular flexibility index (Phi) is 10.4. The number of hydrogen-bond donors (Lipinski definition) is 4. The van der Waals surface area contributed by atoms with Gasteiger partial charge in [-0.15, -0.1) is 0 Å². The van der Waals surface area contributed by atoms with Crippen molar-refractivity contribution in [3.05, 3.63) is 65.7 Å². The summed E-state index contributed by atoms with van der Waals surface area (Å²) in [5.41, 5.74) is 1.68. The third-order valence-corrected chi connectivity index (χ3v) is 7.55. The second-order valence-corrected chi connectivity index (χ2v) is 11.0. The quantitative estimate of drug-likeness (QED) is 0.269. The van der Waals surface area contributed by atoms with Gasteiger partial charge in [-0.25, -0.2) is 9.03 Å². The Hall–Kier alpha value is -3.93. The van der Waals surface area contributed by atoms with Crippen molar-refractivity contribution in [2.75, 3.05) is 17.4 Å². The fourth-order valence-corrected chi connectivity index (χ4v) is 5.39. The summed E-state index contributed by atoms with van der Waals surface area (Å²) >= 11 is 0. The first-order valence-electron chi connectivity index (χ1n) is 12.9. The molecule has 4 N–H and O–H groups in total. The molecule has 1 heterocycles. The minimum absolute atomic E-state index is 0.0621. The average Bonchev–Trinajstić information content (AvgIpc) is 3.17. The van der Waals surface area contributed by atoms with E-state index in [-0.39, 0.29) is 31.0 Å². The lowest BCUT2D eigenvalue weighted by molar-refractivity contribution is -0.131. The molecule has 39 heavy (non-hydrogen) atoms. The molecule has 1 aliphatic rings. The van der Waals surface area contributed by atoms with Crippen LogP contribution < -0.4 is 25.0 Å². The smallest absolute Gasteiger partial charge is 0.326 e. The van der Waals surface area contributed by atoms with Crippen LogP contribution in [-0.4, -0.2) is 57.2 Å². The van der Waals surface area contributed by atoms with Gasteiger partial charge in [-0.1, -0.05) is 62.2 Å². The maximum atomic E-state index is 13.3. The molecular formula is C27H35N5O6S. The van der Waals surface area contributed by atoms with E-state index in [9.17, 15) is 27.6 Å². The van der Waals surface area contributed by atoms with Gasteiger partial charge in [0.15, 0.2) is 0 Å². The Morgan fingerprint density at radius 2 is 1.59 bits per heavy atom. The van der Waals surface area contributed by atoms with E-state index in [2.05, 4.69) is 22.9 Å². The molecule has 0 spiro atoms. The molecule has 210 valence electrons. The summed E-state index contributed by atoms with van der Waals surface area (Å²) in [6.07, 6.45) is 3.01. The number of hydrogen-bond acceptors (Lipinski definition) is 6. The third kappa shape index (κ3) is 8.81. The van der Waals surface area contributed by atoms with Crippen molar-refractivity contribution in [3.63, 3.8) is 0 Å². The summed E-state index contributed by atoms with van der Waals surface area (Å²) in [5.74, 6) is -1.93. The van der Waals surface area contributed by atoms with Gasteiger partial charge in [-0.05, 0) is 29.7 Å². The highest BCUT2D eigenvalue weighted by Gasteiger charge is 2.34.